The molecule has 23 heavy (non-hydrogen) atoms. The van der Waals surface area contributed by atoms with Crippen LogP contribution >= 0.6 is 11.6 Å². The molecule has 3 nitrogen and oxygen atoms in total. The fraction of sp³-hybridized carbons (Fsp3) is 0.111. The van der Waals surface area contributed by atoms with Crippen molar-refractivity contribution in [2.75, 3.05) is 5.32 Å². The molecule has 1 amide bonds. The minimum absolute atomic E-state index is 0.0148. The first kappa shape index (κ1) is 16.7. The van der Waals surface area contributed by atoms with Crippen LogP contribution in [0.4, 0.5) is 10.1 Å². The summed E-state index contributed by atoms with van der Waals surface area (Å²) in [6, 6.07) is 11.4. The molecule has 0 saturated carbocycles. The van der Waals surface area contributed by atoms with Gasteiger partial charge in [0.15, 0.2) is 0 Å². The van der Waals surface area contributed by atoms with Crippen LogP contribution in [0.1, 0.15) is 16.7 Å². The van der Waals surface area contributed by atoms with Crippen molar-refractivity contribution in [3.05, 3.63) is 69.5 Å². The maximum Gasteiger partial charge on any atom is 0.266 e. The summed E-state index contributed by atoms with van der Waals surface area (Å²) in [6.07, 6.45) is 1.15. The predicted molar refractivity (Wildman–Crippen MR) is 89.5 cm³/mol. The maximum absolute atomic E-state index is 13.8. The van der Waals surface area contributed by atoms with Gasteiger partial charge in [0.2, 0.25) is 0 Å². The Kier molecular flexibility index (Phi) is 5.15. The van der Waals surface area contributed by atoms with Crippen LogP contribution in [0.3, 0.4) is 0 Å². The van der Waals surface area contributed by atoms with Gasteiger partial charge in [0.25, 0.3) is 5.91 Å². The first-order valence-electron chi connectivity index (χ1n) is 6.87. The quantitative estimate of drug-likeness (QED) is 0.659. The average molecular weight is 329 g/mol. The highest BCUT2D eigenvalue weighted by atomic mass is 35.5. The molecule has 5 heteroatoms. The van der Waals surface area contributed by atoms with Gasteiger partial charge in [-0.05, 0) is 55.3 Å². The highest BCUT2D eigenvalue weighted by Crippen LogP contribution is 2.22. The van der Waals surface area contributed by atoms with Crippen LogP contribution in [0.2, 0.25) is 5.02 Å². The zero-order valence-corrected chi connectivity index (χ0v) is 13.4. The number of hydrogen-bond donors (Lipinski definition) is 1. The summed E-state index contributed by atoms with van der Waals surface area (Å²) < 4.78 is 13.8. The molecule has 2 aromatic carbocycles. The van der Waals surface area contributed by atoms with Crippen LogP contribution < -0.4 is 5.32 Å². The lowest BCUT2D eigenvalue weighted by atomic mass is 10.1. The minimum Gasteiger partial charge on any atom is -0.321 e. The Morgan fingerprint density at radius 1 is 1.26 bits per heavy atom. The summed E-state index contributed by atoms with van der Waals surface area (Å²) in [7, 11) is 0. The number of aryl methyl sites for hydroxylation is 2. The Balaban J connectivity index is 2.30. The predicted octanol–water partition coefficient (Wildman–Crippen LogP) is 4.64. The molecule has 0 saturated heterocycles. The van der Waals surface area contributed by atoms with Crippen molar-refractivity contribution in [2.45, 2.75) is 13.8 Å². The van der Waals surface area contributed by atoms with E-state index in [0.29, 0.717) is 5.69 Å². The van der Waals surface area contributed by atoms with Crippen molar-refractivity contribution in [1.82, 2.24) is 0 Å². The fourth-order valence-electron chi connectivity index (χ4n) is 1.96. The van der Waals surface area contributed by atoms with Crippen LogP contribution in [-0.4, -0.2) is 5.91 Å². The number of benzene rings is 2. The second-order valence-electron chi connectivity index (χ2n) is 5.06. The molecule has 116 valence electrons. The third-order valence-corrected chi connectivity index (χ3v) is 3.75. The normalized spacial score (nSPS) is 11.0. The molecule has 0 aliphatic rings. The number of carbonyl (C=O) groups is 1. The molecule has 0 aliphatic carbocycles. The van der Waals surface area contributed by atoms with Crippen LogP contribution in [0, 0.1) is 31.0 Å². The van der Waals surface area contributed by atoms with Crippen molar-refractivity contribution in [2.24, 2.45) is 0 Å². The van der Waals surface area contributed by atoms with Gasteiger partial charge < -0.3 is 5.32 Å². The number of rotatable bonds is 3. The number of nitriles is 1. The monoisotopic (exact) mass is 328 g/mol. The lowest BCUT2D eigenvalue weighted by molar-refractivity contribution is -0.112. The van der Waals surface area contributed by atoms with Gasteiger partial charge in [-0.15, -0.1) is 0 Å². The third-order valence-electron chi connectivity index (χ3n) is 3.42. The summed E-state index contributed by atoms with van der Waals surface area (Å²) in [4.78, 5) is 12.2. The molecule has 0 atom stereocenters. The summed E-state index contributed by atoms with van der Waals surface area (Å²) >= 11 is 5.91. The molecule has 0 radical (unpaired) electrons. The number of carbonyl (C=O) groups excluding carboxylic acids is 1. The van der Waals surface area contributed by atoms with Gasteiger partial charge in [0.1, 0.15) is 17.5 Å². The van der Waals surface area contributed by atoms with Crippen LogP contribution in [0.25, 0.3) is 6.08 Å². The van der Waals surface area contributed by atoms with E-state index in [9.17, 15) is 14.4 Å². The molecule has 0 heterocycles. The van der Waals surface area contributed by atoms with Crippen molar-refractivity contribution < 1.29 is 9.18 Å². The summed E-state index contributed by atoms with van der Waals surface area (Å²) in [5.41, 5.74) is 2.47. The van der Waals surface area contributed by atoms with Crippen molar-refractivity contribution in [3.8, 4) is 6.07 Å². The van der Waals surface area contributed by atoms with E-state index in [1.54, 1.807) is 18.2 Å². The van der Waals surface area contributed by atoms with Gasteiger partial charge in [-0.3, -0.25) is 4.79 Å². The third kappa shape index (κ3) is 3.97. The zero-order valence-electron chi connectivity index (χ0n) is 12.7. The standard InChI is InChI=1S/C18H14ClFN2O/c1-11-6-7-14(8-12(11)2)22-18(23)13(10-21)9-15-16(19)4-3-5-17(15)20/h3-9H,1-2H3,(H,22,23)/b13-9-. The Hall–Kier alpha value is -2.64. The number of nitrogens with one attached hydrogen (secondary N) is 1. The van der Waals surface area contributed by atoms with E-state index in [4.69, 9.17) is 11.6 Å². The minimum atomic E-state index is -0.616. The number of anilines is 1. The first-order chi connectivity index (χ1) is 10.9. The highest BCUT2D eigenvalue weighted by molar-refractivity contribution is 6.32. The molecule has 1 N–H and O–H groups in total. The Labute approximate surface area is 139 Å². The Bertz CT molecular complexity index is 817. The summed E-state index contributed by atoms with van der Waals surface area (Å²) in [5, 5.41) is 11.9. The Morgan fingerprint density at radius 2 is 2.00 bits per heavy atom. The maximum atomic E-state index is 13.8. The molecule has 2 rings (SSSR count). The van der Waals surface area contributed by atoms with E-state index in [2.05, 4.69) is 5.32 Å². The zero-order chi connectivity index (χ0) is 17.0. The van der Waals surface area contributed by atoms with Gasteiger partial charge in [-0.25, -0.2) is 4.39 Å². The van der Waals surface area contributed by atoms with Gasteiger partial charge in [0, 0.05) is 11.3 Å². The van der Waals surface area contributed by atoms with Gasteiger partial charge in [-0.2, -0.15) is 5.26 Å². The first-order valence-corrected chi connectivity index (χ1v) is 7.24. The molecular formula is C18H14ClFN2O. The van der Waals surface area contributed by atoms with E-state index < -0.39 is 11.7 Å². The summed E-state index contributed by atoms with van der Waals surface area (Å²) in [5.74, 6) is -1.21. The molecule has 0 aromatic heterocycles. The molecule has 0 spiro atoms. The average Bonchev–Trinajstić information content (AvgIpc) is 2.50. The molecule has 0 fully saturated rings. The second kappa shape index (κ2) is 7.08. The van der Waals surface area contributed by atoms with E-state index in [1.807, 2.05) is 19.9 Å². The van der Waals surface area contributed by atoms with Crippen molar-refractivity contribution >= 4 is 29.3 Å². The molecule has 0 aliphatic heterocycles. The number of halogens is 2. The number of amides is 1. The van der Waals surface area contributed by atoms with Crippen LogP contribution in [0.15, 0.2) is 42.0 Å². The largest absolute Gasteiger partial charge is 0.321 e. The molecule has 2 aromatic rings. The van der Waals surface area contributed by atoms with E-state index in [-0.39, 0.29) is 16.2 Å². The van der Waals surface area contributed by atoms with Crippen molar-refractivity contribution in [3.63, 3.8) is 0 Å². The fourth-order valence-corrected chi connectivity index (χ4v) is 2.18. The van der Waals surface area contributed by atoms with Crippen molar-refractivity contribution in [1.29, 1.82) is 5.26 Å². The smallest absolute Gasteiger partial charge is 0.266 e. The second-order valence-corrected chi connectivity index (χ2v) is 5.47. The Morgan fingerprint density at radius 3 is 2.61 bits per heavy atom. The van der Waals surface area contributed by atoms with Gasteiger partial charge >= 0.3 is 0 Å². The van der Waals surface area contributed by atoms with Crippen LogP contribution in [0.5, 0.6) is 0 Å². The molecule has 0 unspecified atom stereocenters. The number of nitrogens with zero attached hydrogens (tertiary/aromatic N) is 1. The topological polar surface area (TPSA) is 52.9 Å². The highest BCUT2D eigenvalue weighted by Gasteiger charge is 2.13. The van der Waals surface area contributed by atoms with E-state index in [1.165, 1.54) is 18.2 Å². The lowest BCUT2D eigenvalue weighted by Gasteiger charge is -2.07. The van der Waals surface area contributed by atoms with Gasteiger partial charge in [-0.1, -0.05) is 23.7 Å². The van der Waals surface area contributed by atoms with E-state index in [0.717, 1.165) is 17.2 Å². The SMILES string of the molecule is Cc1ccc(NC(=O)/C(C#N)=C\c2c(F)cccc2Cl)cc1C. The van der Waals surface area contributed by atoms with E-state index >= 15 is 0 Å². The number of hydrogen-bond acceptors (Lipinski definition) is 2. The van der Waals surface area contributed by atoms with Gasteiger partial charge in [0.05, 0.1) is 5.02 Å². The lowest BCUT2D eigenvalue weighted by Crippen LogP contribution is -2.13. The summed E-state index contributed by atoms with van der Waals surface area (Å²) in [6.45, 7) is 3.88. The molecule has 0 bridgehead atoms. The van der Waals surface area contributed by atoms with Crippen LogP contribution in [-0.2, 0) is 4.79 Å². The molecular weight excluding hydrogens is 315 g/mol.